The lowest BCUT2D eigenvalue weighted by atomic mass is 9.72. The molecule has 21 heavy (non-hydrogen) atoms. The molecule has 0 aliphatic carbocycles. The molecule has 1 atom stereocenters. The van der Waals surface area contributed by atoms with Gasteiger partial charge in [-0.15, -0.1) is 0 Å². The van der Waals surface area contributed by atoms with Crippen molar-refractivity contribution in [1.82, 2.24) is 4.90 Å². The average molecular weight is 297 g/mol. The fourth-order valence-electron chi connectivity index (χ4n) is 3.49. The summed E-state index contributed by atoms with van der Waals surface area (Å²) in [6, 6.07) is 0. The minimum atomic E-state index is -0.603. The lowest BCUT2D eigenvalue weighted by Crippen LogP contribution is -2.58. The second-order valence-electron chi connectivity index (χ2n) is 7.73. The summed E-state index contributed by atoms with van der Waals surface area (Å²) in [5.74, 6) is 0.00261. The van der Waals surface area contributed by atoms with E-state index in [0.29, 0.717) is 17.9 Å². The molecule has 1 aliphatic heterocycles. The Kier molecular flexibility index (Phi) is 5.62. The van der Waals surface area contributed by atoms with Crippen LogP contribution in [0.4, 0.5) is 0 Å². The summed E-state index contributed by atoms with van der Waals surface area (Å²) in [7, 11) is 2.17. The Labute approximate surface area is 129 Å². The predicted molar refractivity (Wildman–Crippen MR) is 85.0 cm³/mol. The van der Waals surface area contributed by atoms with Gasteiger partial charge in [-0.3, -0.25) is 4.90 Å². The minimum Gasteiger partial charge on any atom is -0.460 e. The molecule has 0 radical (unpaired) electrons. The molecule has 0 spiro atoms. The Morgan fingerprint density at radius 1 is 1.33 bits per heavy atom. The third kappa shape index (κ3) is 4.82. The molecule has 0 aromatic heterocycles. The second-order valence-corrected chi connectivity index (χ2v) is 7.73. The largest absolute Gasteiger partial charge is 0.460 e. The van der Waals surface area contributed by atoms with E-state index in [1.54, 1.807) is 6.92 Å². The maximum atomic E-state index is 11.3. The average Bonchev–Trinajstić information content (AvgIpc) is 2.32. The van der Waals surface area contributed by atoms with Crippen LogP contribution in [0.3, 0.4) is 0 Å². The van der Waals surface area contributed by atoms with Gasteiger partial charge in [-0.1, -0.05) is 6.58 Å². The number of piperidine rings is 1. The zero-order chi connectivity index (χ0) is 16.4. The molecule has 1 unspecified atom stereocenters. The highest BCUT2D eigenvalue weighted by atomic mass is 16.5. The Bertz CT molecular complexity index is 383. The summed E-state index contributed by atoms with van der Waals surface area (Å²) < 4.78 is 5.03. The van der Waals surface area contributed by atoms with E-state index in [2.05, 4.69) is 46.2 Å². The molecule has 0 aromatic carbocycles. The van der Waals surface area contributed by atoms with Gasteiger partial charge in [0.25, 0.3) is 0 Å². The van der Waals surface area contributed by atoms with Crippen LogP contribution in [-0.4, -0.2) is 46.8 Å². The van der Waals surface area contributed by atoms with E-state index < -0.39 is 12.1 Å². The normalized spacial score (nSPS) is 23.6. The van der Waals surface area contributed by atoms with Crippen LogP contribution >= 0.6 is 0 Å². The number of nitrogens with zero attached hydrogens (tertiary/aromatic N) is 1. The molecule has 1 aliphatic rings. The first-order valence-electron chi connectivity index (χ1n) is 7.70. The van der Waals surface area contributed by atoms with E-state index in [1.807, 2.05) is 0 Å². The molecular formula is C17H31NO3. The van der Waals surface area contributed by atoms with Crippen LogP contribution < -0.4 is 0 Å². The lowest BCUT2D eigenvalue weighted by molar-refractivity contribution is -0.142. The van der Waals surface area contributed by atoms with Crippen molar-refractivity contribution in [2.75, 3.05) is 13.7 Å². The van der Waals surface area contributed by atoms with Gasteiger partial charge in [-0.2, -0.15) is 0 Å². The number of aliphatic hydroxyl groups excluding tert-OH is 1. The van der Waals surface area contributed by atoms with Crippen LogP contribution in [0.15, 0.2) is 12.2 Å². The Morgan fingerprint density at radius 2 is 1.81 bits per heavy atom. The molecule has 0 bridgehead atoms. The first kappa shape index (κ1) is 18.2. The highest BCUT2D eigenvalue weighted by Crippen LogP contribution is 2.41. The van der Waals surface area contributed by atoms with Crippen LogP contribution in [0.5, 0.6) is 0 Å². The molecule has 122 valence electrons. The molecule has 1 heterocycles. The predicted octanol–water partition coefficient (Wildman–Crippen LogP) is 2.76. The summed E-state index contributed by atoms with van der Waals surface area (Å²) in [6.45, 7) is 14.2. The number of carbonyl (C=O) groups is 1. The van der Waals surface area contributed by atoms with Gasteiger partial charge >= 0.3 is 5.97 Å². The molecule has 0 saturated carbocycles. The minimum absolute atomic E-state index is 0.0545. The molecule has 1 fully saturated rings. The van der Waals surface area contributed by atoms with Crippen LogP contribution in [0.25, 0.3) is 0 Å². The van der Waals surface area contributed by atoms with E-state index in [-0.39, 0.29) is 17.7 Å². The molecule has 0 amide bonds. The number of esters is 1. The van der Waals surface area contributed by atoms with Crippen molar-refractivity contribution in [3.05, 3.63) is 12.2 Å². The van der Waals surface area contributed by atoms with E-state index in [4.69, 9.17) is 4.74 Å². The third-order valence-corrected chi connectivity index (χ3v) is 4.75. The van der Waals surface area contributed by atoms with E-state index in [0.717, 1.165) is 12.8 Å². The fraction of sp³-hybridized carbons (Fsp3) is 0.824. The number of likely N-dealkylation sites (tertiary alicyclic amines) is 1. The maximum Gasteiger partial charge on any atom is 0.333 e. The molecule has 1 saturated heterocycles. The van der Waals surface area contributed by atoms with Gasteiger partial charge in [-0.25, -0.2) is 4.79 Å². The summed E-state index contributed by atoms with van der Waals surface area (Å²) in [5, 5.41) is 10.1. The SMILES string of the molecule is C=C(C)C(=O)OCC(O)CC1CC(C)(C)N(C)C(C)(C)C1. The zero-order valence-corrected chi connectivity index (χ0v) is 14.4. The Hall–Kier alpha value is -0.870. The fourth-order valence-corrected chi connectivity index (χ4v) is 3.49. The number of hydrogen-bond donors (Lipinski definition) is 1. The van der Waals surface area contributed by atoms with Crippen molar-refractivity contribution in [3.63, 3.8) is 0 Å². The number of aliphatic hydroxyl groups is 1. The monoisotopic (exact) mass is 297 g/mol. The van der Waals surface area contributed by atoms with Crippen LogP contribution in [0, 0.1) is 5.92 Å². The topological polar surface area (TPSA) is 49.8 Å². The third-order valence-electron chi connectivity index (χ3n) is 4.75. The Morgan fingerprint density at radius 3 is 2.24 bits per heavy atom. The standard InChI is InChI=1S/C17H31NO3/c1-12(2)15(20)21-11-14(19)8-13-9-16(3,4)18(7)17(5,6)10-13/h13-14,19H,1,8-11H2,2-7H3. The summed E-state index contributed by atoms with van der Waals surface area (Å²) >= 11 is 0. The van der Waals surface area contributed by atoms with Gasteiger partial charge in [0, 0.05) is 16.7 Å². The van der Waals surface area contributed by atoms with Crippen LogP contribution in [0.2, 0.25) is 0 Å². The van der Waals surface area contributed by atoms with E-state index >= 15 is 0 Å². The molecule has 4 nitrogen and oxygen atoms in total. The van der Waals surface area contributed by atoms with Gasteiger partial charge in [0.15, 0.2) is 0 Å². The lowest BCUT2D eigenvalue weighted by Gasteiger charge is -2.54. The van der Waals surface area contributed by atoms with Gasteiger partial charge in [0.2, 0.25) is 0 Å². The second kappa shape index (κ2) is 6.49. The molecule has 1 rings (SSSR count). The maximum absolute atomic E-state index is 11.3. The molecule has 0 aromatic rings. The number of ether oxygens (including phenoxy) is 1. The summed E-state index contributed by atoms with van der Waals surface area (Å²) in [4.78, 5) is 13.8. The van der Waals surface area contributed by atoms with Gasteiger partial charge < -0.3 is 9.84 Å². The van der Waals surface area contributed by atoms with E-state index in [1.165, 1.54) is 0 Å². The molecular weight excluding hydrogens is 266 g/mol. The van der Waals surface area contributed by atoms with Crippen molar-refractivity contribution in [2.45, 2.75) is 71.1 Å². The highest BCUT2D eigenvalue weighted by Gasteiger charge is 2.43. The summed E-state index contributed by atoms with van der Waals surface area (Å²) in [6.07, 6.45) is 2.15. The van der Waals surface area contributed by atoms with Crippen molar-refractivity contribution < 1.29 is 14.6 Å². The Balaban J connectivity index is 2.55. The van der Waals surface area contributed by atoms with Gasteiger partial charge in [0.05, 0.1) is 6.10 Å². The van der Waals surface area contributed by atoms with Gasteiger partial charge in [-0.05, 0) is 66.8 Å². The smallest absolute Gasteiger partial charge is 0.333 e. The van der Waals surface area contributed by atoms with Crippen molar-refractivity contribution >= 4 is 5.97 Å². The quantitative estimate of drug-likeness (QED) is 0.626. The van der Waals surface area contributed by atoms with E-state index in [9.17, 15) is 9.90 Å². The summed E-state index contributed by atoms with van der Waals surface area (Å²) in [5.41, 5.74) is 0.588. The number of carbonyl (C=O) groups excluding carboxylic acids is 1. The molecule has 1 N–H and O–H groups in total. The van der Waals surface area contributed by atoms with Crippen molar-refractivity contribution in [2.24, 2.45) is 5.92 Å². The first-order valence-corrected chi connectivity index (χ1v) is 7.70. The van der Waals surface area contributed by atoms with Crippen LogP contribution in [0.1, 0.15) is 53.9 Å². The highest BCUT2D eigenvalue weighted by molar-refractivity contribution is 5.86. The van der Waals surface area contributed by atoms with Crippen LogP contribution in [-0.2, 0) is 9.53 Å². The van der Waals surface area contributed by atoms with Gasteiger partial charge in [0.1, 0.15) is 6.61 Å². The van der Waals surface area contributed by atoms with Crippen molar-refractivity contribution in [1.29, 1.82) is 0 Å². The molecule has 4 heteroatoms. The number of rotatable bonds is 5. The number of hydrogen-bond acceptors (Lipinski definition) is 4. The first-order chi connectivity index (χ1) is 9.45. The zero-order valence-electron chi connectivity index (χ0n) is 14.4. The van der Waals surface area contributed by atoms with Crippen molar-refractivity contribution in [3.8, 4) is 0 Å².